The first-order valence-electron chi connectivity index (χ1n) is 12.3. The standard InChI is InChI=1S/C27H33FN4O2/c1-27(2,28)19-30-14-10-22(11-15-30)34-23-6-8-25(29-18-23)32-16-9-20-17-21(5-7-24(20)32)26(33)31-12-3-4-13-31/h5-9,16-18,22H,3-4,10-15,19H2,1-2H3. The summed E-state index contributed by atoms with van der Waals surface area (Å²) in [6.45, 7) is 7.13. The molecule has 1 aromatic carbocycles. The van der Waals surface area contributed by atoms with E-state index in [2.05, 4.69) is 9.88 Å². The minimum Gasteiger partial charge on any atom is -0.489 e. The van der Waals surface area contributed by atoms with Gasteiger partial charge in [0.25, 0.3) is 5.91 Å². The summed E-state index contributed by atoms with van der Waals surface area (Å²) in [6.07, 6.45) is 7.84. The van der Waals surface area contributed by atoms with Crippen LogP contribution in [0.25, 0.3) is 16.7 Å². The number of nitrogens with zero attached hydrogens (tertiary/aromatic N) is 4. The molecule has 0 aliphatic carbocycles. The molecule has 0 bridgehead atoms. The molecule has 34 heavy (non-hydrogen) atoms. The summed E-state index contributed by atoms with van der Waals surface area (Å²) >= 11 is 0. The molecule has 2 aliphatic heterocycles. The van der Waals surface area contributed by atoms with Crippen LogP contribution in [0.1, 0.15) is 49.9 Å². The summed E-state index contributed by atoms with van der Waals surface area (Å²) in [5.41, 5.74) is 0.591. The van der Waals surface area contributed by atoms with Crippen LogP contribution in [0.3, 0.4) is 0 Å². The highest BCUT2D eigenvalue weighted by atomic mass is 19.1. The molecule has 0 radical (unpaired) electrons. The number of carbonyl (C=O) groups is 1. The number of rotatable bonds is 6. The van der Waals surface area contributed by atoms with Gasteiger partial charge >= 0.3 is 0 Å². The van der Waals surface area contributed by atoms with Crippen molar-refractivity contribution in [1.82, 2.24) is 19.4 Å². The molecule has 0 saturated carbocycles. The second-order valence-electron chi connectivity index (χ2n) is 10.1. The lowest BCUT2D eigenvalue weighted by atomic mass is 10.0. The molecule has 180 valence electrons. The number of ether oxygens (including phenoxy) is 1. The predicted molar refractivity (Wildman–Crippen MR) is 131 cm³/mol. The molecule has 0 spiro atoms. The molecule has 2 aromatic heterocycles. The third-order valence-corrected chi connectivity index (χ3v) is 6.73. The zero-order valence-corrected chi connectivity index (χ0v) is 20.0. The molecule has 2 fully saturated rings. The van der Waals surface area contributed by atoms with Gasteiger partial charge in [0, 0.05) is 49.9 Å². The van der Waals surface area contributed by atoms with Crippen LogP contribution in [0.15, 0.2) is 48.8 Å². The van der Waals surface area contributed by atoms with Gasteiger partial charge in [0.05, 0.1) is 11.7 Å². The topological polar surface area (TPSA) is 50.6 Å². The van der Waals surface area contributed by atoms with Crippen LogP contribution in [0.2, 0.25) is 0 Å². The molecule has 4 heterocycles. The number of hydrogen-bond donors (Lipinski definition) is 0. The van der Waals surface area contributed by atoms with E-state index in [1.807, 2.05) is 52.1 Å². The lowest BCUT2D eigenvalue weighted by Crippen LogP contribution is -2.43. The number of pyridine rings is 1. The fourth-order valence-electron chi connectivity index (χ4n) is 5.07. The van der Waals surface area contributed by atoms with E-state index in [0.29, 0.717) is 6.54 Å². The SMILES string of the molecule is CC(C)(F)CN1CCC(Oc2ccc(-n3ccc4cc(C(=O)N5CCCC5)ccc43)nc2)CC1. The number of benzene rings is 1. The fourth-order valence-corrected chi connectivity index (χ4v) is 5.07. The molecule has 2 saturated heterocycles. The van der Waals surface area contributed by atoms with Crippen LogP contribution in [-0.4, -0.2) is 69.8 Å². The van der Waals surface area contributed by atoms with E-state index in [4.69, 9.17) is 4.74 Å². The maximum atomic E-state index is 13.9. The summed E-state index contributed by atoms with van der Waals surface area (Å²) in [7, 11) is 0. The Morgan fingerprint density at radius 2 is 1.85 bits per heavy atom. The number of aromatic nitrogens is 2. The minimum atomic E-state index is -1.17. The Balaban J connectivity index is 1.23. The number of piperidine rings is 1. The molecule has 0 N–H and O–H groups in total. The number of amides is 1. The molecule has 7 heteroatoms. The molecule has 6 nitrogen and oxygen atoms in total. The van der Waals surface area contributed by atoms with Crippen molar-refractivity contribution in [2.24, 2.45) is 0 Å². The third-order valence-electron chi connectivity index (χ3n) is 6.73. The van der Waals surface area contributed by atoms with Crippen molar-refractivity contribution in [2.45, 2.75) is 51.3 Å². The second kappa shape index (κ2) is 9.37. The predicted octanol–water partition coefficient (Wildman–Crippen LogP) is 4.85. The quantitative estimate of drug-likeness (QED) is 0.523. The van der Waals surface area contributed by atoms with Gasteiger partial charge in [-0.2, -0.15) is 0 Å². The summed E-state index contributed by atoms with van der Waals surface area (Å²) in [6, 6.07) is 11.8. The summed E-state index contributed by atoms with van der Waals surface area (Å²) in [4.78, 5) is 21.4. The molecule has 5 rings (SSSR count). The van der Waals surface area contributed by atoms with E-state index in [0.717, 1.165) is 79.9 Å². The van der Waals surface area contributed by atoms with E-state index in [9.17, 15) is 9.18 Å². The number of carbonyl (C=O) groups excluding carboxylic acids is 1. The van der Waals surface area contributed by atoms with Crippen molar-refractivity contribution in [3.8, 4) is 11.6 Å². The van der Waals surface area contributed by atoms with Crippen molar-refractivity contribution < 1.29 is 13.9 Å². The molecule has 0 unspecified atom stereocenters. The molecule has 3 aromatic rings. The lowest BCUT2D eigenvalue weighted by molar-refractivity contribution is 0.0627. The van der Waals surface area contributed by atoms with Gasteiger partial charge in [-0.3, -0.25) is 9.69 Å². The van der Waals surface area contributed by atoms with Crippen LogP contribution >= 0.6 is 0 Å². The Morgan fingerprint density at radius 3 is 2.53 bits per heavy atom. The number of halogens is 1. The molecular formula is C27H33FN4O2. The van der Waals surface area contributed by atoms with Gasteiger partial charge in [0.2, 0.25) is 0 Å². The van der Waals surface area contributed by atoms with Gasteiger partial charge in [-0.1, -0.05) is 0 Å². The maximum absolute atomic E-state index is 13.9. The average Bonchev–Trinajstić information content (AvgIpc) is 3.49. The summed E-state index contributed by atoms with van der Waals surface area (Å²) in [5.74, 6) is 1.68. The summed E-state index contributed by atoms with van der Waals surface area (Å²) in [5, 5.41) is 1.02. The van der Waals surface area contributed by atoms with Crippen LogP contribution in [-0.2, 0) is 0 Å². The van der Waals surface area contributed by atoms with Crippen LogP contribution in [0, 0.1) is 0 Å². The zero-order valence-electron chi connectivity index (χ0n) is 20.0. The van der Waals surface area contributed by atoms with Crippen molar-refractivity contribution in [3.05, 3.63) is 54.4 Å². The molecule has 1 amide bonds. The average molecular weight is 465 g/mol. The highest BCUT2D eigenvalue weighted by Crippen LogP contribution is 2.25. The first-order chi connectivity index (χ1) is 16.4. The third kappa shape index (κ3) is 5.09. The Labute approximate surface area is 200 Å². The van der Waals surface area contributed by atoms with E-state index in [1.54, 1.807) is 20.0 Å². The van der Waals surface area contributed by atoms with Crippen molar-refractivity contribution >= 4 is 16.8 Å². The van der Waals surface area contributed by atoms with E-state index < -0.39 is 5.67 Å². The lowest BCUT2D eigenvalue weighted by Gasteiger charge is -2.34. The van der Waals surface area contributed by atoms with Gasteiger partial charge in [-0.05, 0) is 75.9 Å². The first-order valence-corrected chi connectivity index (χ1v) is 12.3. The zero-order chi connectivity index (χ0) is 23.7. The van der Waals surface area contributed by atoms with E-state index >= 15 is 0 Å². The van der Waals surface area contributed by atoms with Gasteiger partial charge in [0.15, 0.2) is 0 Å². The number of fused-ring (bicyclic) bond motifs is 1. The normalized spacial score (nSPS) is 18.0. The highest BCUT2D eigenvalue weighted by Gasteiger charge is 2.26. The summed E-state index contributed by atoms with van der Waals surface area (Å²) < 4.78 is 22.1. The molecule has 2 aliphatic rings. The largest absolute Gasteiger partial charge is 0.489 e. The van der Waals surface area contributed by atoms with E-state index in [-0.39, 0.29) is 12.0 Å². The Bertz CT molecular complexity index is 1140. The van der Waals surface area contributed by atoms with Crippen molar-refractivity contribution in [1.29, 1.82) is 0 Å². The Hall–Kier alpha value is -2.93. The number of alkyl halides is 1. The van der Waals surface area contributed by atoms with Crippen LogP contribution < -0.4 is 4.74 Å². The van der Waals surface area contributed by atoms with Gasteiger partial charge < -0.3 is 14.2 Å². The fraction of sp³-hybridized carbons (Fsp3) is 0.481. The van der Waals surface area contributed by atoms with Crippen molar-refractivity contribution in [3.63, 3.8) is 0 Å². The Morgan fingerprint density at radius 1 is 1.09 bits per heavy atom. The van der Waals surface area contributed by atoms with Crippen LogP contribution in [0.5, 0.6) is 5.75 Å². The Kier molecular flexibility index (Phi) is 6.30. The first kappa shape index (κ1) is 22.8. The number of likely N-dealkylation sites (tertiary alicyclic amines) is 2. The molecule has 0 atom stereocenters. The second-order valence-corrected chi connectivity index (χ2v) is 10.1. The van der Waals surface area contributed by atoms with E-state index in [1.165, 1.54) is 0 Å². The van der Waals surface area contributed by atoms with Gasteiger partial charge in [0.1, 0.15) is 23.3 Å². The van der Waals surface area contributed by atoms with Crippen molar-refractivity contribution in [2.75, 3.05) is 32.7 Å². The maximum Gasteiger partial charge on any atom is 0.253 e. The monoisotopic (exact) mass is 464 g/mol. The van der Waals surface area contributed by atoms with Gasteiger partial charge in [-0.15, -0.1) is 0 Å². The van der Waals surface area contributed by atoms with Gasteiger partial charge in [-0.25, -0.2) is 9.37 Å². The highest BCUT2D eigenvalue weighted by molar-refractivity contribution is 5.98. The molecular weight excluding hydrogens is 431 g/mol. The minimum absolute atomic E-state index is 0.117. The smallest absolute Gasteiger partial charge is 0.253 e. The number of hydrogen-bond acceptors (Lipinski definition) is 4. The van der Waals surface area contributed by atoms with Crippen LogP contribution in [0.4, 0.5) is 4.39 Å².